The summed E-state index contributed by atoms with van der Waals surface area (Å²) in [5.41, 5.74) is 9.82. The number of methoxy groups -OCH3 is 2. The third-order valence-corrected chi connectivity index (χ3v) is 8.94. The zero-order chi connectivity index (χ0) is 42.9. The van der Waals surface area contributed by atoms with Crippen LogP contribution in [0.2, 0.25) is 0 Å². The molecule has 2 N–H and O–H groups in total. The first-order valence-electron chi connectivity index (χ1n) is 18.6. The maximum Gasteiger partial charge on any atom is 1.00 e. The summed E-state index contributed by atoms with van der Waals surface area (Å²) in [4.78, 5) is 0. The van der Waals surface area contributed by atoms with Gasteiger partial charge in [-0.1, -0.05) is 12.1 Å². The maximum absolute atomic E-state index is 9.91. The standard InChI is InChI=1S/2C18H22N4O2.C4H8O.Ag.BF4/c2*1-11-8-13(3)21(19-11)18(22-14(4)9-12(2)20-22)15-6-7-16(23)17(10-15)24-5;1-2-4-5-3-1;;2-1(3,4)5/h2*6-10,18,23H,1-5H3;1-4H2;;/q;;;+1;-1. The average Bonchev–Trinajstić information content (AvgIpc) is 3.99. The van der Waals surface area contributed by atoms with Crippen molar-refractivity contribution in [1.82, 2.24) is 39.1 Å². The molecule has 0 atom stereocenters. The van der Waals surface area contributed by atoms with Gasteiger partial charge in [0.25, 0.3) is 0 Å². The number of hydrogen-bond acceptors (Lipinski definition) is 9. The SMILES string of the molecule is C1CCOC1.COc1cc(C(n2nc(C)cc2C)n2nc(C)cc2C)ccc1O.COc1cc(C(n2nc(C)cc2C)n2nc(C)cc2C)ccc1O.F[B-](F)(F)F.[Ag+]. The Hall–Kier alpha value is -5.03. The van der Waals surface area contributed by atoms with Crippen LogP contribution in [-0.2, 0) is 27.1 Å². The van der Waals surface area contributed by atoms with Gasteiger partial charge in [0, 0.05) is 47.1 Å². The summed E-state index contributed by atoms with van der Waals surface area (Å²) in [6.07, 6.45) is 2.06. The van der Waals surface area contributed by atoms with Crippen LogP contribution >= 0.6 is 0 Å². The van der Waals surface area contributed by atoms with Gasteiger partial charge in [0.1, 0.15) is 0 Å². The van der Waals surface area contributed by atoms with E-state index in [1.54, 1.807) is 26.4 Å². The van der Waals surface area contributed by atoms with Gasteiger partial charge in [0.05, 0.1) is 37.0 Å². The van der Waals surface area contributed by atoms with E-state index in [2.05, 4.69) is 20.4 Å². The van der Waals surface area contributed by atoms with E-state index in [4.69, 9.17) is 14.2 Å². The minimum atomic E-state index is -6.00. The number of benzene rings is 2. The quantitative estimate of drug-likeness (QED) is 0.114. The van der Waals surface area contributed by atoms with E-state index in [-0.39, 0.29) is 46.2 Å². The smallest absolute Gasteiger partial charge is 0.504 e. The number of phenolic OH excluding ortho intramolecular Hbond substituents is 2. The van der Waals surface area contributed by atoms with E-state index in [0.29, 0.717) is 11.5 Å². The van der Waals surface area contributed by atoms with Gasteiger partial charge >= 0.3 is 29.6 Å². The van der Waals surface area contributed by atoms with Crippen LogP contribution in [0.25, 0.3) is 0 Å². The van der Waals surface area contributed by atoms with Crippen molar-refractivity contribution in [1.29, 1.82) is 0 Å². The Morgan fingerprint density at radius 1 is 0.542 bits per heavy atom. The van der Waals surface area contributed by atoms with Crippen molar-refractivity contribution in [2.45, 2.75) is 80.6 Å². The predicted octanol–water partition coefficient (Wildman–Crippen LogP) is 8.34. The molecule has 0 bridgehead atoms. The summed E-state index contributed by atoms with van der Waals surface area (Å²) < 4.78 is 62.3. The minimum absolute atomic E-state index is 0. The predicted molar refractivity (Wildman–Crippen MR) is 213 cm³/mol. The average molecular weight is 920 g/mol. The third-order valence-electron chi connectivity index (χ3n) is 8.94. The number of hydrogen-bond donors (Lipinski definition) is 2. The molecular formula is C40H52AgBF4N8O5. The Morgan fingerprint density at radius 3 is 1.00 bits per heavy atom. The van der Waals surface area contributed by atoms with Gasteiger partial charge in [0.2, 0.25) is 0 Å². The van der Waals surface area contributed by atoms with Gasteiger partial charge in [-0.3, -0.25) is 0 Å². The molecule has 6 aromatic rings. The molecule has 0 amide bonds. The van der Waals surface area contributed by atoms with Crippen molar-refractivity contribution in [2.75, 3.05) is 27.4 Å². The van der Waals surface area contributed by atoms with Crippen molar-refractivity contribution in [3.8, 4) is 23.0 Å². The number of ether oxygens (including phenoxy) is 3. The summed E-state index contributed by atoms with van der Waals surface area (Å²) >= 11 is 0. The monoisotopic (exact) mass is 918 g/mol. The van der Waals surface area contributed by atoms with Gasteiger partial charge in [-0.15, -0.1) is 0 Å². The van der Waals surface area contributed by atoms with E-state index >= 15 is 0 Å². The summed E-state index contributed by atoms with van der Waals surface area (Å²) in [7, 11) is -2.92. The van der Waals surface area contributed by atoms with Crippen molar-refractivity contribution in [2.24, 2.45) is 0 Å². The number of nitrogens with zero attached hydrogens (tertiary/aromatic N) is 8. The molecule has 19 heteroatoms. The normalized spacial score (nSPS) is 12.2. The van der Waals surface area contributed by atoms with Gasteiger partial charge in [-0.25, -0.2) is 18.7 Å². The van der Waals surface area contributed by atoms with Crippen molar-refractivity contribution < 1.29 is 64.1 Å². The number of halogens is 4. The van der Waals surface area contributed by atoms with E-state index in [9.17, 15) is 27.5 Å². The zero-order valence-electron chi connectivity index (χ0n) is 34.8. The van der Waals surface area contributed by atoms with Gasteiger partial charge < -0.3 is 41.7 Å². The van der Waals surface area contributed by atoms with Crippen molar-refractivity contribution >= 4 is 7.25 Å². The van der Waals surface area contributed by atoms with Crippen LogP contribution in [0, 0.1) is 55.4 Å². The molecule has 5 heterocycles. The molecule has 7 rings (SSSR count). The molecule has 324 valence electrons. The molecule has 0 aliphatic carbocycles. The first kappa shape index (κ1) is 48.3. The van der Waals surface area contributed by atoms with Crippen LogP contribution in [-0.4, -0.2) is 84.0 Å². The van der Waals surface area contributed by atoms with Crippen LogP contribution in [0.1, 0.15) is 81.9 Å². The number of phenols is 2. The van der Waals surface area contributed by atoms with Gasteiger partial charge in [-0.05, 0) is 117 Å². The van der Waals surface area contributed by atoms with Crippen LogP contribution in [0.5, 0.6) is 23.0 Å². The second-order valence-electron chi connectivity index (χ2n) is 13.9. The van der Waals surface area contributed by atoms with E-state index in [0.717, 1.165) is 69.9 Å². The first-order chi connectivity index (χ1) is 27.3. The second-order valence-corrected chi connectivity index (χ2v) is 13.9. The van der Waals surface area contributed by atoms with Crippen molar-refractivity contribution in [3.63, 3.8) is 0 Å². The number of aromatic hydroxyl groups is 2. The molecule has 0 saturated carbocycles. The molecule has 1 saturated heterocycles. The Bertz CT molecular complexity index is 2020. The number of rotatable bonds is 8. The Morgan fingerprint density at radius 2 is 0.814 bits per heavy atom. The van der Waals surface area contributed by atoms with Crippen LogP contribution in [0.4, 0.5) is 17.3 Å². The summed E-state index contributed by atoms with van der Waals surface area (Å²) in [6.45, 7) is 18.0. The minimum Gasteiger partial charge on any atom is -0.504 e. The molecule has 59 heavy (non-hydrogen) atoms. The molecule has 0 radical (unpaired) electrons. The molecule has 13 nitrogen and oxygen atoms in total. The van der Waals surface area contributed by atoms with E-state index in [1.165, 1.54) is 12.8 Å². The summed E-state index contributed by atoms with van der Waals surface area (Å²) in [5, 5.41) is 38.4. The van der Waals surface area contributed by atoms with Gasteiger partial charge in [-0.2, -0.15) is 20.4 Å². The molecule has 4 aromatic heterocycles. The number of aromatic nitrogens is 8. The first-order valence-corrected chi connectivity index (χ1v) is 18.6. The fraction of sp³-hybridized carbons (Fsp3) is 0.400. The molecule has 0 unspecified atom stereocenters. The fourth-order valence-corrected chi connectivity index (χ4v) is 6.57. The van der Waals surface area contributed by atoms with Gasteiger partial charge in [0.15, 0.2) is 35.3 Å². The van der Waals surface area contributed by atoms with Crippen molar-refractivity contribution in [3.05, 3.63) is 117 Å². The Labute approximate surface area is 357 Å². The Kier molecular flexibility index (Phi) is 17.4. The third kappa shape index (κ3) is 13.2. The van der Waals surface area contributed by atoms with E-state index in [1.807, 2.05) is 123 Å². The largest absolute Gasteiger partial charge is 1.00 e. The molecule has 1 aliphatic heterocycles. The molecule has 1 aliphatic rings. The summed E-state index contributed by atoms with van der Waals surface area (Å²) in [6, 6.07) is 18.8. The fourth-order valence-electron chi connectivity index (χ4n) is 6.57. The number of aryl methyl sites for hydroxylation is 8. The van der Waals surface area contributed by atoms with E-state index < -0.39 is 7.25 Å². The molecule has 2 aromatic carbocycles. The molecule has 0 spiro atoms. The summed E-state index contributed by atoms with van der Waals surface area (Å²) in [5.74, 6) is 1.09. The van der Waals surface area contributed by atoms with Crippen LogP contribution < -0.4 is 9.47 Å². The van der Waals surface area contributed by atoms with Crippen LogP contribution in [0.15, 0.2) is 60.7 Å². The Balaban J connectivity index is 0.000000252. The molecule has 1 fully saturated rings. The topological polar surface area (TPSA) is 139 Å². The van der Waals surface area contributed by atoms with Crippen LogP contribution in [0.3, 0.4) is 0 Å². The second kappa shape index (κ2) is 21.3. The molecular weight excluding hydrogens is 867 g/mol. The zero-order valence-corrected chi connectivity index (χ0v) is 36.3. The maximum atomic E-state index is 9.91.